The van der Waals surface area contributed by atoms with Crippen LogP contribution in [0.15, 0.2) is 47.5 Å². The summed E-state index contributed by atoms with van der Waals surface area (Å²) in [5, 5.41) is 7.06. The highest BCUT2D eigenvalue weighted by molar-refractivity contribution is 6.32. The van der Waals surface area contributed by atoms with Crippen LogP contribution in [0.3, 0.4) is 0 Å². The van der Waals surface area contributed by atoms with Gasteiger partial charge in [-0.25, -0.2) is 9.79 Å². The van der Waals surface area contributed by atoms with E-state index in [4.69, 9.17) is 27.9 Å². The molecule has 1 atom stereocenters. The van der Waals surface area contributed by atoms with Crippen LogP contribution in [0.2, 0.25) is 10.0 Å². The molecule has 2 heterocycles. The summed E-state index contributed by atoms with van der Waals surface area (Å²) >= 11 is 12.4. The number of aliphatic imine (C=N–C) groups is 1. The molecule has 2 aromatic rings. The molecule has 8 nitrogen and oxygen atoms in total. The Hall–Kier alpha value is -2.97. The Balaban J connectivity index is 1.62. The van der Waals surface area contributed by atoms with Crippen molar-refractivity contribution in [3.8, 4) is 5.75 Å². The second-order valence-electron chi connectivity index (χ2n) is 8.12. The molecule has 0 aromatic heterocycles. The summed E-state index contributed by atoms with van der Waals surface area (Å²) in [6.07, 6.45) is 0.411. The van der Waals surface area contributed by atoms with Gasteiger partial charge in [0.25, 0.3) is 0 Å². The van der Waals surface area contributed by atoms with E-state index in [-0.39, 0.29) is 24.6 Å². The highest BCUT2D eigenvalue weighted by Gasteiger charge is 2.35. The van der Waals surface area contributed by atoms with E-state index in [1.165, 1.54) is 4.90 Å². The summed E-state index contributed by atoms with van der Waals surface area (Å²) in [4.78, 5) is 33.0. The number of urea groups is 1. The van der Waals surface area contributed by atoms with Gasteiger partial charge >= 0.3 is 6.03 Å². The molecule has 2 N–H and O–H groups in total. The Bertz CT molecular complexity index is 1070. The lowest BCUT2D eigenvalue weighted by molar-refractivity contribution is -0.129. The van der Waals surface area contributed by atoms with Gasteiger partial charge in [-0.3, -0.25) is 15.0 Å². The lowest BCUT2D eigenvalue weighted by Gasteiger charge is -2.35. The number of hydrogen-bond acceptors (Lipinski definition) is 5. The molecule has 33 heavy (non-hydrogen) atoms. The molecule has 4 rings (SSSR count). The first-order chi connectivity index (χ1) is 15.8. The lowest BCUT2D eigenvalue weighted by Crippen LogP contribution is -2.59. The lowest BCUT2D eigenvalue weighted by atomic mass is 10.2. The van der Waals surface area contributed by atoms with E-state index in [9.17, 15) is 9.59 Å². The van der Waals surface area contributed by atoms with Gasteiger partial charge in [0.15, 0.2) is 0 Å². The SMILES string of the molecule is CC(C)Oc1ccc(NC2=NC(N3CCCC3=O)NC(=O)N2Cc2ccc(Cl)cc2)cc1Cl. The summed E-state index contributed by atoms with van der Waals surface area (Å²) < 4.78 is 5.69. The Kier molecular flexibility index (Phi) is 6.95. The summed E-state index contributed by atoms with van der Waals surface area (Å²) in [6.45, 7) is 4.65. The molecule has 2 aliphatic rings. The number of benzene rings is 2. The van der Waals surface area contributed by atoms with E-state index >= 15 is 0 Å². The van der Waals surface area contributed by atoms with Gasteiger partial charge in [0.05, 0.1) is 17.7 Å². The number of halogens is 2. The number of likely N-dealkylation sites (tertiary alicyclic amines) is 1. The molecule has 0 radical (unpaired) electrons. The minimum absolute atomic E-state index is 0.0126. The fourth-order valence-electron chi connectivity index (χ4n) is 3.65. The van der Waals surface area contributed by atoms with Crippen molar-refractivity contribution < 1.29 is 14.3 Å². The molecule has 1 unspecified atom stereocenters. The first-order valence-corrected chi connectivity index (χ1v) is 11.5. The Morgan fingerprint density at radius 3 is 2.58 bits per heavy atom. The minimum Gasteiger partial charge on any atom is -0.489 e. The van der Waals surface area contributed by atoms with Gasteiger partial charge in [-0.05, 0) is 56.2 Å². The predicted octanol–water partition coefficient (Wildman–Crippen LogP) is 4.68. The van der Waals surface area contributed by atoms with E-state index in [0.717, 1.165) is 12.0 Å². The number of nitrogens with one attached hydrogen (secondary N) is 2. The van der Waals surface area contributed by atoms with Crippen LogP contribution in [-0.2, 0) is 11.3 Å². The van der Waals surface area contributed by atoms with E-state index < -0.39 is 6.29 Å². The number of amides is 3. The third-order valence-corrected chi connectivity index (χ3v) is 5.76. The molecular formula is C23H25Cl2N5O3. The largest absolute Gasteiger partial charge is 0.489 e. The molecule has 174 valence electrons. The summed E-state index contributed by atoms with van der Waals surface area (Å²) in [5.74, 6) is 0.846. The van der Waals surface area contributed by atoms with Gasteiger partial charge in [-0.15, -0.1) is 0 Å². The van der Waals surface area contributed by atoms with Crippen molar-refractivity contribution in [1.82, 2.24) is 15.1 Å². The van der Waals surface area contributed by atoms with E-state index in [2.05, 4.69) is 15.6 Å². The topological polar surface area (TPSA) is 86.3 Å². The van der Waals surface area contributed by atoms with E-state index in [0.29, 0.717) is 40.4 Å². The molecule has 1 fully saturated rings. The van der Waals surface area contributed by atoms with Gasteiger partial charge < -0.3 is 15.0 Å². The molecule has 2 aliphatic heterocycles. The molecule has 10 heteroatoms. The van der Waals surface area contributed by atoms with Crippen LogP contribution in [0.5, 0.6) is 5.75 Å². The van der Waals surface area contributed by atoms with Crippen molar-refractivity contribution in [2.75, 3.05) is 11.9 Å². The number of carbonyl (C=O) groups excluding carboxylic acids is 2. The Morgan fingerprint density at radius 1 is 1.18 bits per heavy atom. The molecule has 1 saturated heterocycles. The van der Waals surface area contributed by atoms with Crippen molar-refractivity contribution in [2.24, 2.45) is 4.99 Å². The van der Waals surface area contributed by atoms with Crippen LogP contribution in [0.1, 0.15) is 32.3 Å². The maximum atomic E-state index is 13.1. The van der Waals surface area contributed by atoms with Crippen LogP contribution in [0, 0.1) is 0 Å². The molecule has 0 bridgehead atoms. The van der Waals surface area contributed by atoms with E-state index in [1.807, 2.05) is 26.0 Å². The first kappa shape index (κ1) is 23.2. The highest BCUT2D eigenvalue weighted by Crippen LogP contribution is 2.29. The van der Waals surface area contributed by atoms with Crippen LogP contribution in [0.4, 0.5) is 10.5 Å². The quantitative estimate of drug-likeness (QED) is 0.616. The molecule has 0 saturated carbocycles. The fraction of sp³-hybridized carbons (Fsp3) is 0.348. The average molecular weight is 490 g/mol. The second kappa shape index (κ2) is 9.89. The standard InChI is InChI=1S/C23H25Cl2N5O3/c1-14(2)33-19-10-9-17(12-18(19)25)26-21-27-22(29-11-3-4-20(29)31)28-23(32)30(21)13-15-5-7-16(24)8-6-15/h5-10,12,14,22H,3-4,11,13H2,1-2H3,(H,26,27)(H,28,32). The third kappa shape index (κ3) is 5.51. The van der Waals surface area contributed by atoms with Gasteiger partial charge in [0.1, 0.15) is 5.75 Å². The Labute approximate surface area is 202 Å². The van der Waals surface area contributed by atoms with Gasteiger partial charge in [0.2, 0.25) is 18.2 Å². The van der Waals surface area contributed by atoms with Crippen LogP contribution in [-0.4, -0.2) is 46.6 Å². The van der Waals surface area contributed by atoms with E-state index in [1.54, 1.807) is 35.2 Å². The number of ether oxygens (including phenoxy) is 1. The van der Waals surface area contributed by atoms with Crippen LogP contribution < -0.4 is 15.4 Å². The number of rotatable bonds is 6. The first-order valence-electron chi connectivity index (χ1n) is 10.7. The predicted molar refractivity (Wildman–Crippen MR) is 129 cm³/mol. The van der Waals surface area contributed by atoms with Crippen molar-refractivity contribution >= 4 is 46.8 Å². The Morgan fingerprint density at radius 2 is 1.94 bits per heavy atom. The zero-order valence-corrected chi connectivity index (χ0v) is 19.9. The fourth-order valence-corrected chi connectivity index (χ4v) is 4.00. The van der Waals surface area contributed by atoms with Crippen molar-refractivity contribution in [1.29, 1.82) is 0 Å². The van der Waals surface area contributed by atoms with Gasteiger partial charge in [0, 0.05) is 23.7 Å². The summed E-state index contributed by atoms with van der Waals surface area (Å²) in [5.41, 5.74) is 1.51. The zero-order valence-electron chi connectivity index (χ0n) is 18.3. The minimum atomic E-state index is -0.768. The summed E-state index contributed by atoms with van der Waals surface area (Å²) in [6, 6.07) is 12.1. The molecular weight excluding hydrogens is 465 g/mol. The maximum Gasteiger partial charge on any atom is 0.327 e. The number of carbonyl (C=O) groups is 2. The molecule has 3 amide bonds. The van der Waals surface area contributed by atoms with Gasteiger partial charge in [-0.2, -0.15) is 0 Å². The van der Waals surface area contributed by atoms with Crippen molar-refractivity contribution in [3.05, 3.63) is 58.1 Å². The van der Waals surface area contributed by atoms with Crippen LogP contribution >= 0.6 is 23.2 Å². The molecule has 0 aliphatic carbocycles. The molecule has 2 aromatic carbocycles. The second-order valence-corrected chi connectivity index (χ2v) is 8.96. The van der Waals surface area contributed by atoms with Crippen molar-refractivity contribution in [2.45, 2.75) is 45.6 Å². The average Bonchev–Trinajstić information content (AvgIpc) is 3.19. The normalized spacial score (nSPS) is 18.5. The van der Waals surface area contributed by atoms with Gasteiger partial charge in [-0.1, -0.05) is 35.3 Å². The maximum absolute atomic E-state index is 13.1. The molecule has 0 spiro atoms. The van der Waals surface area contributed by atoms with Crippen LogP contribution in [0.25, 0.3) is 0 Å². The number of nitrogens with zero attached hydrogens (tertiary/aromatic N) is 3. The number of anilines is 1. The third-order valence-electron chi connectivity index (χ3n) is 5.21. The summed E-state index contributed by atoms with van der Waals surface area (Å²) in [7, 11) is 0. The monoisotopic (exact) mass is 489 g/mol. The zero-order chi connectivity index (χ0) is 23.5. The number of hydrogen-bond donors (Lipinski definition) is 2. The highest BCUT2D eigenvalue weighted by atomic mass is 35.5. The smallest absolute Gasteiger partial charge is 0.327 e. The number of guanidine groups is 1. The van der Waals surface area contributed by atoms with Crippen molar-refractivity contribution in [3.63, 3.8) is 0 Å².